The lowest BCUT2D eigenvalue weighted by atomic mass is 9.71. The van der Waals surface area contributed by atoms with Gasteiger partial charge in [-0.3, -0.25) is 14.5 Å². The van der Waals surface area contributed by atoms with Crippen LogP contribution in [0.1, 0.15) is 64.1 Å². The van der Waals surface area contributed by atoms with E-state index in [2.05, 4.69) is 32.8 Å². The number of hydrogen-bond acceptors (Lipinski definition) is 8. The maximum atomic E-state index is 14.7. The van der Waals surface area contributed by atoms with E-state index in [-0.39, 0.29) is 69.3 Å². The summed E-state index contributed by atoms with van der Waals surface area (Å²) in [5.41, 5.74) is 4.80. The Balaban J connectivity index is 0.000000190. The third-order valence-electron chi connectivity index (χ3n) is 11.1. The lowest BCUT2D eigenvalue weighted by Crippen LogP contribution is -2.66. The van der Waals surface area contributed by atoms with Gasteiger partial charge in [-0.1, -0.05) is 29.9 Å². The van der Waals surface area contributed by atoms with Crippen LogP contribution >= 0.6 is 15.9 Å². The Morgan fingerprint density at radius 2 is 1.54 bits per heavy atom. The number of halogens is 3. The Labute approximate surface area is 301 Å². The average Bonchev–Trinajstić information content (AvgIpc) is 4.02. The van der Waals surface area contributed by atoms with Crippen LogP contribution in [-0.4, -0.2) is 67.1 Å². The van der Waals surface area contributed by atoms with Gasteiger partial charge in [0.05, 0.1) is 48.9 Å². The molecule has 2 aromatic carbocycles. The molecule has 3 N–H and O–H groups in total. The van der Waals surface area contributed by atoms with Gasteiger partial charge in [-0.25, -0.2) is 13.8 Å². The van der Waals surface area contributed by atoms with Crippen LogP contribution in [0, 0.1) is 46.6 Å². The molecule has 0 radical (unpaired) electrons. The number of amides is 2. The molecule has 3 saturated heterocycles. The van der Waals surface area contributed by atoms with E-state index in [9.17, 15) is 23.6 Å². The second-order valence-corrected chi connectivity index (χ2v) is 15.0. The Morgan fingerprint density at radius 3 is 2.18 bits per heavy atom. The van der Waals surface area contributed by atoms with Gasteiger partial charge in [0.1, 0.15) is 28.5 Å². The van der Waals surface area contributed by atoms with Crippen molar-refractivity contribution in [3.05, 3.63) is 81.6 Å². The predicted octanol–water partition coefficient (Wildman–Crippen LogP) is 5.51. The van der Waals surface area contributed by atoms with E-state index >= 15 is 0 Å². The third kappa shape index (κ3) is 6.09. The number of rotatable bonds is 4. The Bertz CT molecular complexity index is 1800. The van der Waals surface area contributed by atoms with E-state index < -0.39 is 22.8 Å². The number of nitrogens with two attached hydrogens (primary N) is 1. The van der Waals surface area contributed by atoms with Crippen molar-refractivity contribution in [2.75, 3.05) is 27.3 Å². The fourth-order valence-electron chi connectivity index (χ4n) is 7.87. The minimum Gasteiger partial charge on any atom is -0.375 e. The molecule has 2 aliphatic carbocycles. The highest BCUT2D eigenvalue weighted by molar-refractivity contribution is 9.10. The minimum absolute atomic E-state index is 0. The first-order valence-corrected chi connectivity index (χ1v) is 17.4. The van der Waals surface area contributed by atoms with Crippen LogP contribution in [0.2, 0.25) is 0 Å². The molecule has 4 heterocycles. The molecule has 0 unspecified atom stereocenters. The van der Waals surface area contributed by atoms with E-state index in [1.165, 1.54) is 34.1 Å². The maximum absolute atomic E-state index is 14.7. The Morgan fingerprint density at radius 1 is 0.960 bits per heavy atom. The number of benzene rings is 2. The smallest absolute Gasteiger partial charge is 0.235 e. The number of nitrogens with one attached hydrogen (secondary N) is 1. The number of fused-ring (bicyclic) bond motifs is 2. The van der Waals surface area contributed by atoms with E-state index in [1.807, 2.05) is 6.07 Å². The van der Waals surface area contributed by atoms with Crippen molar-refractivity contribution in [2.24, 2.45) is 34.4 Å². The number of ether oxygens (including phenoxy) is 2. The number of hydrogen-bond donors (Lipinski definition) is 2. The Kier molecular flexibility index (Phi) is 9.60. The van der Waals surface area contributed by atoms with Gasteiger partial charge in [0.2, 0.25) is 11.8 Å². The van der Waals surface area contributed by atoms with Gasteiger partial charge in [-0.15, -0.1) is 0 Å². The molecule has 268 valence electrons. The summed E-state index contributed by atoms with van der Waals surface area (Å²) in [5.74, 6) is -0.437. The molecule has 4 aliphatic heterocycles. The molecule has 2 amide bonds. The van der Waals surface area contributed by atoms with Crippen molar-refractivity contribution >= 4 is 33.7 Å². The molecule has 13 heteroatoms. The van der Waals surface area contributed by atoms with Gasteiger partial charge in [0.25, 0.3) is 0 Å². The molecule has 6 atom stereocenters. The summed E-state index contributed by atoms with van der Waals surface area (Å²) in [6.45, 7) is 4.29. The normalized spacial score (nSPS) is 31.9. The summed E-state index contributed by atoms with van der Waals surface area (Å²) in [7, 11) is 3.29. The fraction of sp³-hybridized carbons (Fsp3) is 0.514. The molecule has 10 nitrogen and oxygen atoms in total. The highest BCUT2D eigenvalue weighted by atomic mass is 79.9. The summed E-state index contributed by atoms with van der Waals surface area (Å²) in [5, 5.41) is 12.5. The standard InChI is InChI=1S/C18H20BrFN2O2.C18H19FN4O2.CH4.H2/c1-10-21-18(13-7-12(19)5-6-15(13)20)9-24-16(11-3-4-11)8-14(18)17(23)22(10)2;1-23-16(24)13-7-15(11-3-4-11)25-9-18(13,22-17(23)21)12-6-10(8-20)2-5-14(12)19;;/h5-7,11,14,16,21H,1,3-4,8-9H2,2H3;2,5-6,11,13,15H,3-4,7,9H2,1H3,(H2,21,22);1H4;1H/t14-,16+,18+;13-,15+,18+;;/m00../s1. The Hall–Kier alpha value is -3.86. The number of aliphatic imine (C=N–C) groups is 1. The lowest BCUT2D eigenvalue weighted by Gasteiger charge is -2.52. The third-order valence-corrected chi connectivity index (χ3v) is 11.6. The number of carbonyl (C=O) groups excluding carboxylic acids is 2. The van der Waals surface area contributed by atoms with Gasteiger partial charge in [-0.05, 0) is 86.8 Å². The summed E-state index contributed by atoms with van der Waals surface area (Å²) in [4.78, 5) is 33.3. The molecule has 5 fully saturated rings. The van der Waals surface area contributed by atoms with Crippen molar-refractivity contribution in [1.29, 1.82) is 5.26 Å². The molecule has 50 heavy (non-hydrogen) atoms. The van der Waals surface area contributed by atoms with Crippen LogP contribution in [0.3, 0.4) is 0 Å². The van der Waals surface area contributed by atoms with E-state index in [1.54, 1.807) is 26.2 Å². The second kappa shape index (κ2) is 13.4. The maximum Gasteiger partial charge on any atom is 0.235 e. The number of nitrogens with zero attached hydrogens (tertiary/aromatic N) is 4. The first-order valence-electron chi connectivity index (χ1n) is 16.6. The van der Waals surface area contributed by atoms with Crippen molar-refractivity contribution in [1.82, 2.24) is 15.1 Å². The minimum atomic E-state index is -1.21. The summed E-state index contributed by atoms with van der Waals surface area (Å²) in [6, 6.07) is 10.9. The van der Waals surface area contributed by atoms with E-state index in [4.69, 9.17) is 15.2 Å². The molecule has 6 aliphatic rings. The van der Waals surface area contributed by atoms with Crippen molar-refractivity contribution < 1.29 is 29.3 Å². The van der Waals surface area contributed by atoms with E-state index in [0.717, 1.165) is 30.2 Å². The van der Waals surface area contributed by atoms with Crippen molar-refractivity contribution in [3.8, 4) is 6.07 Å². The SMILES string of the molecule is C.C=C1N[C@@]2(c3cc(Br)ccc3F)CO[C@@H](C3CC3)C[C@H]2C(=O)N1C.CN1C(=O)[C@@H]2C[C@H](C3CC3)OC[C@]2(c2cc(C#N)ccc2F)N=C1N.[HH]. The summed E-state index contributed by atoms with van der Waals surface area (Å²) >= 11 is 3.41. The van der Waals surface area contributed by atoms with E-state index in [0.29, 0.717) is 41.6 Å². The zero-order chi connectivity index (χ0) is 34.8. The topological polar surface area (TPSA) is 133 Å². The highest BCUT2D eigenvalue weighted by Crippen LogP contribution is 2.50. The van der Waals surface area contributed by atoms with Crippen LogP contribution < -0.4 is 11.1 Å². The molecular formula is C37H45BrF2N6O4. The molecule has 0 aromatic heterocycles. The summed E-state index contributed by atoms with van der Waals surface area (Å²) in [6.07, 6.45) is 5.67. The number of carbonyl (C=O) groups is 2. The van der Waals surface area contributed by atoms with Crippen LogP contribution in [0.25, 0.3) is 0 Å². The summed E-state index contributed by atoms with van der Waals surface area (Å²) < 4.78 is 42.2. The van der Waals surface area contributed by atoms with Crippen LogP contribution in [-0.2, 0) is 30.1 Å². The predicted molar refractivity (Wildman–Crippen MR) is 188 cm³/mol. The monoisotopic (exact) mass is 754 g/mol. The second-order valence-electron chi connectivity index (χ2n) is 14.1. The fourth-order valence-corrected chi connectivity index (χ4v) is 8.23. The highest BCUT2D eigenvalue weighted by Gasteiger charge is 2.57. The first kappa shape index (κ1) is 35.9. The van der Waals surface area contributed by atoms with Crippen LogP contribution in [0.5, 0.6) is 0 Å². The molecule has 2 saturated carbocycles. The van der Waals surface area contributed by atoms with Gasteiger partial charge < -0.3 is 25.4 Å². The van der Waals surface area contributed by atoms with Crippen LogP contribution in [0.15, 0.2) is 58.3 Å². The zero-order valence-electron chi connectivity index (χ0n) is 27.4. The average molecular weight is 756 g/mol. The molecule has 0 bridgehead atoms. The van der Waals surface area contributed by atoms with Gasteiger partial charge >= 0.3 is 0 Å². The van der Waals surface area contributed by atoms with Crippen molar-refractivity contribution in [2.45, 2.75) is 69.2 Å². The van der Waals surface area contributed by atoms with Gasteiger partial charge in [0.15, 0.2) is 5.96 Å². The van der Waals surface area contributed by atoms with Gasteiger partial charge in [0, 0.05) is 31.1 Å². The molecule has 0 spiro atoms. The molecular weight excluding hydrogens is 710 g/mol. The lowest BCUT2D eigenvalue weighted by molar-refractivity contribution is -0.155. The molecule has 8 rings (SSSR count). The first-order chi connectivity index (χ1) is 23.4. The van der Waals surface area contributed by atoms with Crippen LogP contribution in [0.4, 0.5) is 8.78 Å². The number of guanidine groups is 1. The molecule has 2 aromatic rings. The largest absolute Gasteiger partial charge is 0.375 e. The van der Waals surface area contributed by atoms with Gasteiger partial charge in [-0.2, -0.15) is 5.26 Å². The van der Waals surface area contributed by atoms with Crippen molar-refractivity contribution in [3.63, 3.8) is 0 Å². The zero-order valence-corrected chi connectivity index (χ0v) is 29.0. The quantitative estimate of drug-likeness (QED) is 0.421. The number of nitriles is 1.